The third-order valence-electron chi connectivity index (χ3n) is 3.47. The molecule has 0 saturated heterocycles. The van der Waals surface area contributed by atoms with E-state index in [1.807, 2.05) is 18.2 Å². The molecule has 0 spiro atoms. The lowest BCUT2D eigenvalue weighted by Gasteiger charge is -2.15. The maximum Gasteiger partial charge on any atom is 0.131 e. The molecule has 1 aliphatic rings. The van der Waals surface area contributed by atoms with Gasteiger partial charge in [-0.2, -0.15) is 0 Å². The molecule has 98 valence electrons. The number of aryl methyl sites for hydroxylation is 1. The van der Waals surface area contributed by atoms with Gasteiger partial charge in [0.25, 0.3) is 0 Å². The van der Waals surface area contributed by atoms with Crippen LogP contribution in [-0.2, 0) is 6.42 Å². The van der Waals surface area contributed by atoms with Gasteiger partial charge in [0.1, 0.15) is 16.7 Å². The fourth-order valence-corrected chi connectivity index (χ4v) is 2.69. The van der Waals surface area contributed by atoms with Gasteiger partial charge < -0.3 is 10.1 Å². The highest BCUT2D eigenvalue weighted by Gasteiger charge is 2.23. The molecule has 1 aromatic heterocycles. The van der Waals surface area contributed by atoms with Crippen molar-refractivity contribution < 1.29 is 4.74 Å². The van der Waals surface area contributed by atoms with Crippen molar-refractivity contribution in [3.63, 3.8) is 0 Å². The number of nitrogens with zero attached hydrogens (tertiary/aromatic N) is 1. The summed E-state index contributed by atoms with van der Waals surface area (Å²) >= 11 is 5.91. The summed E-state index contributed by atoms with van der Waals surface area (Å²) in [6.45, 7) is 0. The third kappa shape index (κ3) is 2.51. The molecule has 4 heteroatoms. The zero-order chi connectivity index (χ0) is 13.2. The molecule has 3 rings (SSSR count). The number of ether oxygens (including phenoxy) is 1. The van der Waals surface area contributed by atoms with Crippen LogP contribution in [0.3, 0.4) is 0 Å². The molecule has 1 aliphatic carbocycles. The zero-order valence-electron chi connectivity index (χ0n) is 10.7. The van der Waals surface area contributed by atoms with Gasteiger partial charge in [0.05, 0.1) is 13.2 Å². The Labute approximate surface area is 117 Å². The van der Waals surface area contributed by atoms with E-state index in [4.69, 9.17) is 16.3 Å². The van der Waals surface area contributed by atoms with Crippen LogP contribution in [0.25, 0.3) is 0 Å². The Kier molecular flexibility index (Phi) is 3.30. The SMILES string of the molecule is COc1ccc2c(c1)C(Nc1cccc(Cl)n1)CC2. The van der Waals surface area contributed by atoms with Crippen LogP contribution < -0.4 is 10.1 Å². The van der Waals surface area contributed by atoms with E-state index in [1.165, 1.54) is 11.1 Å². The maximum absolute atomic E-state index is 5.91. The van der Waals surface area contributed by atoms with E-state index < -0.39 is 0 Å². The number of anilines is 1. The number of pyridine rings is 1. The molecule has 2 aromatic rings. The van der Waals surface area contributed by atoms with Gasteiger partial charge in [0.2, 0.25) is 0 Å². The highest BCUT2D eigenvalue weighted by Crippen LogP contribution is 2.35. The molecule has 3 nitrogen and oxygen atoms in total. The number of hydrogen-bond acceptors (Lipinski definition) is 3. The Hall–Kier alpha value is -1.74. The van der Waals surface area contributed by atoms with Gasteiger partial charge in [0, 0.05) is 0 Å². The van der Waals surface area contributed by atoms with Crippen molar-refractivity contribution in [1.29, 1.82) is 0 Å². The number of hydrogen-bond donors (Lipinski definition) is 1. The van der Waals surface area contributed by atoms with Crippen molar-refractivity contribution in [3.8, 4) is 5.75 Å². The minimum absolute atomic E-state index is 0.274. The first-order chi connectivity index (χ1) is 9.26. The standard InChI is InChI=1S/C15H15ClN2O/c1-19-11-7-5-10-6-8-13(12(10)9-11)17-15-4-2-3-14(16)18-15/h2-5,7,9,13H,6,8H2,1H3,(H,17,18). The maximum atomic E-state index is 5.91. The summed E-state index contributed by atoms with van der Waals surface area (Å²) in [5, 5.41) is 3.95. The summed E-state index contributed by atoms with van der Waals surface area (Å²) < 4.78 is 5.29. The number of rotatable bonds is 3. The van der Waals surface area contributed by atoms with Crippen LogP contribution in [0.1, 0.15) is 23.6 Å². The summed E-state index contributed by atoms with van der Waals surface area (Å²) in [5.74, 6) is 1.71. The van der Waals surface area contributed by atoms with Gasteiger partial charge in [-0.1, -0.05) is 23.7 Å². The number of methoxy groups -OCH3 is 1. The van der Waals surface area contributed by atoms with E-state index in [0.717, 1.165) is 24.4 Å². The van der Waals surface area contributed by atoms with Crippen LogP contribution in [0.4, 0.5) is 5.82 Å². The summed E-state index contributed by atoms with van der Waals surface area (Å²) in [5.41, 5.74) is 2.67. The number of fused-ring (bicyclic) bond motifs is 1. The van der Waals surface area contributed by atoms with Crippen LogP contribution in [0, 0.1) is 0 Å². The monoisotopic (exact) mass is 274 g/mol. The van der Waals surface area contributed by atoms with Crippen LogP contribution in [0.2, 0.25) is 5.15 Å². The molecular formula is C15H15ClN2O. The molecule has 0 amide bonds. The largest absolute Gasteiger partial charge is 0.497 e. The van der Waals surface area contributed by atoms with Crippen molar-refractivity contribution in [3.05, 3.63) is 52.7 Å². The average molecular weight is 275 g/mol. The predicted molar refractivity (Wildman–Crippen MR) is 76.9 cm³/mol. The van der Waals surface area contributed by atoms with E-state index >= 15 is 0 Å². The van der Waals surface area contributed by atoms with E-state index in [1.54, 1.807) is 13.2 Å². The van der Waals surface area contributed by atoms with Crippen LogP contribution in [-0.4, -0.2) is 12.1 Å². The third-order valence-corrected chi connectivity index (χ3v) is 3.68. The van der Waals surface area contributed by atoms with E-state index in [9.17, 15) is 0 Å². The van der Waals surface area contributed by atoms with Gasteiger partial charge in [-0.15, -0.1) is 0 Å². The number of benzene rings is 1. The van der Waals surface area contributed by atoms with Gasteiger partial charge in [-0.3, -0.25) is 0 Å². The molecule has 0 fully saturated rings. The van der Waals surface area contributed by atoms with Crippen LogP contribution in [0.5, 0.6) is 5.75 Å². The summed E-state index contributed by atoms with van der Waals surface area (Å²) in [6.07, 6.45) is 2.15. The van der Waals surface area contributed by atoms with Crippen molar-refractivity contribution in [2.24, 2.45) is 0 Å². The topological polar surface area (TPSA) is 34.1 Å². The second-order valence-electron chi connectivity index (χ2n) is 4.65. The van der Waals surface area contributed by atoms with Crippen molar-refractivity contribution in [2.45, 2.75) is 18.9 Å². The lowest BCUT2D eigenvalue weighted by atomic mass is 10.1. The average Bonchev–Trinajstić information content (AvgIpc) is 2.81. The minimum Gasteiger partial charge on any atom is -0.497 e. The first-order valence-corrected chi connectivity index (χ1v) is 6.70. The molecular weight excluding hydrogens is 260 g/mol. The second-order valence-corrected chi connectivity index (χ2v) is 5.03. The second kappa shape index (κ2) is 5.10. The molecule has 0 radical (unpaired) electrons. The van der Waals surface area contributed by atoms with Gasteiger partial charge in [-0.25, -0.2) is 4.98 Å². The smallest absolute Gasteiger partial charge is 0.131 e. The summed E-state index contributed by atoms with van der Waals surface area (Å²) in [4.78, 5) is 4.28. The van der Waals surface area contributed by atoms with E-state index in [2.05, 4.69) is 22.4 Å². The molecule has 1 unspecified atom stereocenters. The predicted octanol–water partition coefficient (Wildman–Crippen LogP) is 3.84. The Morgan fingerprint density at radius 1 is 1.32 bits per heavy atom. The minimum atomic E-state index is 0.274. The Morgan fingerprint density at radius 3 is 3.00 bits per heavy atom. The molecule has 0 bridgehead atoms. The summed E-state index contributed by atoms with van der Waals surface area (Å²) in [7, 11) is 1.69. The molecule has 1 heterocycles. The van der Waals surface area contributed by atoms with Crippen LogP contribution >= 0.6 is 11.6 Å². The number of aromatic nitrogens is 1. The summed E-state index contributed by atoms with van der Waals surface area (Å²) in [6, 6.07) is 12.1. The van der Waals surface area contributed by atoms with E-state index in [0.29, 0.717) is 5.15 Å². The normalized spacial score (nSPS) is 17.1. The highest BCUT2D eigenvalue weighted by atomic mass is 35.5. The van der Waals surface area contributed by atoms with Gasteiger partial charge in [0.15, 0.2) is 0 Å². The molecule has 1 N–H and O–H groups in total. The molecule has 19 heavy (non-hydrogen) atoms. The van der Waals surface area contributed by atoms with Gasteiger partial charge in [-0.05, 0) is 48.2 Å². The van der Waals surface area contributed by atoms with E-state index in [-0.39, 0.29) is 6.04 Å². The number of halogens is 1. The Balaban J connectivity index is 1.85. The Morgan fingerprint density at radius 2 is 2.21 bits per heavy atom. The first kappa shape index (κ1) is 12.3. The fraction of sp³-hybridized carbons (Fsp3) is 0.267. The quantitative estimate of drug-likeness (QED) is 0.864. The zero-order valence-corrected chi connectivity index (χ0v) is 11.4. The van der Waals surface area contributed by atoms with Crippen molar-refractivity contribution in [1.82, 2.24) is 4.98 Å². The van der Waals surface area contributed by atoms with Crippen molar-refractivity contribution in [2.75, 3.05) is 12.4 Å². The molecule has 1 atom stereocenters. The molecule has 0 aliphatic heterocycles. The lowest BCUT2D eigenvalue weighted by molar-refractivity contribution is 0.414. The molecule has 1 aromatic carbocycles. The van der Waals surface area contributed by atoms with Crippen molar-refractivity contribution >= 4 is 17.4 Å². The Bertz CT molecular complexity index is 600. The highest BCUT2D eigenvalue weighted by molar-refractivity contribution is 6.29. The lowest BCUT2D eigenvalue weighted by Crippen LogP contribution is -2.08. The molecule has 0 saturated carbocycles. The number of nitrogens with one attached hydrogen (secondary N) is 1. The first-order valence-electron chi connectivity index (χ1n) is 6.32. The van der Waals surface area contributed by atoms with Gasteiger partial charge >= 0.3 is 0 Å². The van der Waals surface area contributed by atoms with Crippen LogP contribution in [0.15, 0.2) is 36.4 Å². The fourth-order valence-electron chi connectivity index (χ4n) is 2.52.